The lowest BCUT2D eigenvalue weighted by atomic mass is 9.71. The smallest absolute Gasteiger partial charge is 0.123 e. The molecule has 1 aliphatic carbocycles. The van der Waals surface area contributed by atoms with Gasteiger partial charge in [0.1, 0.15) is 5.82 Å². The SMILES string of the molecule is Cc1cc(F)ccc1CC1(O)CCCC(C(C)C)C1. The molecule has 1 aromatic carbocycles. The third kappa shape index (κ3) is 3.56. The zero-order valence-corrected chi connectivity index (χ0v) is 12.2. The van der Waals surface area contributed by atoms with E-state index in [2.05, 4.69) is 13.8 Å². The van der Waals surface area contributed by atoms with E-state index < -0.39 is 5.60 Å². The number of aryl methyl sites for hydroxylation is 1. The summed E-state index contributed by atoms with van der Waals surface area (Å²) in [7, 11) is 0. The van der Waals surface area contributed by atoms with Crippen molar-refractivity contribution in [3.8, 4) is 0 Å². The van der Waals surface area contributed by atoms with E-state index >= 15 is 0 Å². The first-order valence-electron chi connectivity index (χ1n) is 7.37. The molecule has 0 aromatic heterocycles. The number of aliphatic hydroxyl groups is 1. The van der Waals surface area contributed by atoms with Crippen molar-refractivity contribution in [3.05, 3.63) is 35.1 Å². The van der Waals surface area contributed by atoms with Gasteiger partial charge in [0.25, 0.3) is 0 Å². The molecule has 0 radical (unpaired) electrons. The third-order valence-corrected chi connectivity index (χ3v) is 4.63. The molecular formula is C17H25FO. The normalized spacial score (nSPS) is 27.8. The van der Waals surface area contributed by atoms with Crippen molar-refractivity contribution in [1.29, 1.82) is 0 Å². The molecule has 1 nitrogen and oxygen atoms in total. The van der Waals surface area contributed by atoms with Crippen LogP contribution in [0.3, 0.4) is 0 Å². The molecule has 0 amide bonds. The van der Waals surface area contributed by atoms with Crippen LogP contribution in [0.5, 0.6) is 0 Å². The van der Waals surface area contributed by atoms with Gasteiger partial charge in [-0.3, -0.25) is 0 Å². The molecule has 0 bridgehead atoms. The van der Waals surface area contributed by atoms with Gasteiger partial charge in [-0.1, -0.05) is 26.3 Å². The maximum absolute atomic E-state index is 13.1. The van der Waals surface area contributed by atoms with Gasteiger partial charge in [0.05, 0.1) is 5.60 Å². The van der Waals surface area contributed by atoms with Gasteiger partial charge < -0.3 is 5.11 Å². The molecule has 1 N–H and O–H groups in total. The Labute approximate surface area is 115 Å². The maximum Gasteiger partial charge on any atom is 0.123 e. The van der Waals surface area contributed by atoms with Crippen molar-refractivity contribution in [1.82, 2.24) is 0 Å². The molecule has 0 saturated heterocycles. The molecule has 1 fully saturated rings. The molecule has 2 unspecified atom stereocenters. The zero-order chi connectivity index (χ0) is 14.0. The van der Waals surface area contributed by atoms with Crippen LogP contribution in [0.1, 0.15) is 50.7 Å². The summed E-state index contributed by atoms with van der Waals surface area (Å²) >= 11 is 0. The van der Waals surface area contributed by atoms with E-state index in [0.29, 0.717) is 18.3 Å². The van der Waals surface area contributed by atoms with E-state index in [9.17, 15) is 9.50 Å². The second kappa shape index (κ2) is 5.62. The van der Waals surface area contributed by atoms with E-state index in [4.69, 9.17) is 0 Å². The maximum atomic E-state index is 13.1. The first-order chi connectivity index (χ1) is 8.89. The minimum Gasteiger partial charge on any atom is -0.390 e. The topological polar surface area (TPSA) is 20.2 Å². The van der Waals surface area contributed by atoms with Crippen molar-refractivity contribution >= 4 is 0 Å². The van der Waals surface area contributed by atoms with Crippen LogP contribution < -0.4 is 0 Å². The average Bonchev–Trinajstić information content (AvgIpc) is 2.33. The van der Waals surface area contributed by atoms with Crippen molar-refractivity contribution in [2.24, 2.45) is 11.8 Å². The number of halogens is 1. The molecule has 2 heteroatoms. The van der Waals surface area contributed by atoms with Crippen LogP contribution in [-0.2, 0) is 6.42 Å². The van der Waals surface area contributed by atoms with Gasteiger partial charge in [-0.25, -0.2) is 4.39 Å². The highest BCUT2D eigenvalue weighted by Crippen LogP contribution is 2.38. The fourth-order valence-corrected chi connectivity index (χ4v) is 3.33. The Morgan fingerprint density at radius 2 is 2.16 bits per heavy atom. The van der Waals surface area contributed by atoms with Crippen molar-refractivity contribution in [2.45, 2.75) is 58.5 Å². The molecule has 19 heavy (non-hydrogen) atoms. The predicted molar refractivity (Wildman–Crippen MR) is 76.6 cm³/mol. The molecule has 2 atom stereocenters. The molecule has 2 rings (SSSR count). The van der Waals surface area contributed by atoms with Crippen molar-refractivity contribution < 1.29 is 9.50 Å². The van der Waals surface area contributed by atoms with Crippen LogP contribution >= 0.6 is 0 Å². The first-order valence-corrected chi connectivity index (χ1v) is 7.37. The highest BCUT2D eigenvalue weighted by Gasteiger charge is 2.35. The summed E-state index contributed by atoms with van der Waals surface area (Å²) in [5, 5.41) is 10.8. The summed E-state index contributed by atoms with van der Waals surface area (Å²) in [6.07, 6.45) is 4.72. The second-order valence-corrected chi connectivity index (χ2v) is 6.57. The monoisotopic (exact) mass is 264 g/mol. The lowest BCUT2D eigenvalue weighted by Gasteiger charge is -2.39. The Morgan fingerprint density at radius 3 is 2.79 bits per heavy atom. The Kier molecular flexibility index (Phi) is 4.29. The van der Waals surface area contributed by atoms with Crippen LogP contribution in [0.25, 0.3) is 0 Å². The van der Waals surface area contributed by atoms with Gasteiger partial charge in [0.2, 0.25) is 0 Å². The van der Waals surface area contributed by atoms with Gasteiger partial charge in [0.15, 0.2) is 0 Å². The quantitative estimate of drug-likeness (QED) is 0.865. The van der Waals surface area contributed by atoms with E-state index in [1.807, 2.05) is 13.0 Å². The molecular weight excluding hydrogens is 239 g/mol. The third-order valence-electron chi connectivity index (χ3n) is 4.63. The van der Waals surface area contributed by atoms with Crippen molar-refractivity contribution in [2.75, 3.05) is 0 Å². The lowest BCUT2D eigenvalue weighted by Crippen LogP contribution is -2.39. The molecule has 106 valence electrons. The highest BCUT2D eigenvalue weighted by atomic mass is 19.1. The first kappa shape index (κ1) is 14.5. The number of hydrogen-bond donors (Lipinski definition) is 1. The van der Waals surface area contributed by atoms with Gasteiger partial charge >= 0.3 is 0 Å². The van der Waals surface area contributed by atoms with Gasteiger partial charge in [-0.15, -0.1) is 0 Å². The van der Waals surface area contributed by atoms with E-state index in [1.165, 1.54) is 12.5 Å². The summed E-state index contributed by atoms with van der Waals surface area (Å²) in [4.78, 5) is 0. The minimum absolute atomic E-state index is 0.197. The highest BCUT2D eigenvalue weighted by molar-refractivity contribution is 5.28. The number of benzene rings is 1. The van der Waals surface area contributed by atoms with Gasteiger partial charge in [-0.2, -0.15) is 0 Å². The second-order valence-electron chi connectivity index (χ2n) is 6.57. The molecule has 0 aliphatic heterocycles. The lowest BCUT2D eigenvalue weighted by molar-refractivity contribution is -0.0240. The Balaban J connectivity index is 2.12. The molecule has 1 saturated carbocycles. The summed E-state index contributed by atoms with van der Waals surface area (Å²) in [5.41, 5.74) is 1.42. The average molecular weight is 264 g/mol. The number of rotatable bonds is 3. The van der Waals surface area contributed by atoms with Crippen LogP contribution in [0, 0.1) is 24.6 Å². The van der Waals surface area contributed by atoms with Crippen LogP contribution in [0.15, 0.2) is 18.2 Å². The fraction of sp³-hybridized carbons (Fsp3) is 0.647. The fourth-order valence-electron chi connectivity index (χ4n) is 3.33. The van der Waals surface area contributed by atoms with Crippen molar-refractivity contribution in [3.63, 3.8) is 0 Å². The summed E-state index contributed by atoms with van der Waals surface area (Å²) in [6.45, 7) is 6.39. The van der Waals surface area contributed by atoms with E-state index in [0.717, 1.165) is 30.4 Å². The van der Waals surface area contributed by atoms with Crippen LogP contribution in [0.4, 0.5) is 4.39 Å². The van der Waals surface area contributed by atoms with E-state index in [-0.39, 0.29) is 5.82 Å². The van der Waals surface area contributed by atoms with Crippen LogP contribution in [0.2, 0.25) is 0 Å². The molecule has 1 aromatic rings. The Morgan fingerprint density at radius 1 is 1.42 bits per heavy atom. The molecule has 0 spiro atoms. The summed E-state index contributed by atoms with van der Waals surface area (Å²) in [5.74, 6) is 1.04. The molecule has 1 aliphatic rings. The summed E-state index contributed by atoms with van der Waals surface area (Å²) in [6, 6.07) is 4.87. The zero-order valence-electron chi connectivity index (χ0n) is 12.2. The van der Waals surface area contributed by atoms with Gasteiger partial charge in [0, 0.05) is 6.42 Å². The van der Waals surface area contributed by atoms with E-state index in [1.54, 1.807) is 6.07 Å². The Hall–Kier alpha value is -0.890. The molecule has 0 heterocycles. The predicted octanol–water partition coefficient (Wildman–Crippen LogP) is 4.25. The standard InChI is InChI=1S/C17H25FO/c1-12(2)14-5-4-8-17(19,10-14)11-15-6-7-16(18)9-13(15)3/h6-7,9,12,14,19H,4-5,8,10-11H2,1-3H3. The minimum atomic E-state index is -0.601. The Bertz CT molecular complexity index is 441. The van der Waals surface area contributed by atoms with Crippen LogP contribution in [-0.4, -0.2) is 10.7 Å². The number of hydrogen-bond acceptors (Lipinski definition) is 1. The summed E-state index contributed by atoms with van der Waals surface area (Å²) < 4.78 is 13.1. The largest absolute Gasteiger partial charge is 0.390 e. The van der Waals surface area contributed by atoms with Gasteiger partial charge in [-0.05, 0) is 61.3 Å².